The van der Waals surface area contributed by atoms with Crippen LogP contribution in [0.25, 0.3) is 0 Å². The van der Waals surface area contributed by atoms with Crippen molar-refractivity contribution in [3.63, 3.8) is 0 Å². The molecular weight excluding hydrogens is 510 g/mol. The van der Waals surface area contributed by atoms with Crippen molar-refractivity contribution in [2.75, 3.05) is 65.0 Å². The number of nitrogens with one attached hydrogen (secondary N) is 1. The van der Waals surface area contributed by atoms with E-state index in [1.807, 2.05) is 0 Å². The van der Waals surface area contributed by atoms with Gasteiger partial charge in [-0.2, -0.15) is 8.61 Å². The number of sulfonamides is 2. The minimum absolute atomic E-state index is 0.0478. The summed E-state index contributed by atoms with van der Waals surface area (Å²) < 4.78 is 70.0. The van der Waals surface area contributed by atoms with E-state index < -0.39 is 26.0 Å². The minimum Gasteiger partial charge on any atom is -0.495 e. The number of nitrogens with zero attached hydrogens (tertiary/aromatic N) is 2. The van der Waals surface area contributed by atoms with Crippen molar-refractivity contribution in [2.24, 2.45) is 0 Å². The number of hydrogen-bond donors (Lipinski definition) is 1. The van der Waals surface area contributed by atoms with Gasteiger partial charge in [0.2, 0.25) is 20.0 Å². The van der Waals surface area contributed by atoms with E-state index in [0.717, 1.165) is 0 Å². The molecule has 13 heteroatoms. The summed E-state index contributed by atoms with van der Waals surface area (Å²) in [7, 11) is -5.95. The molecule has 0 saturated carbocycles. The largest absolute Gasteiger partial charge is 0.495 e. The van der Waals surface area contributed by atoms with Crippen LogP contribution in [0.5, 0.6) is 5.75 Å². The van der Waals surface area contributed by atoms with E-state index in [4.69, 9.17) is 14.2 Å². The average molecular weight is 540 g/mol. The number of carbonyl (C=O) groups is 1. The molecule has 2 aromatic carbocycles. The summed E-state index contributed by atoms with van der Waals surface area (Å²) in [6, 6.07) is 10.7. The molecule has 0 radical (unpaired) electrons. The lowest BCUT2D eigenvalue weighted by atomic mass is 10.1. The van der Waals surface area contributed by atoms with Crippen molar-refractivity contribution in [3.05, 3.63) is 53.6 Å². The summed E-state index contributed by atoms with van der Waals surface area (Å²) in [5.41, 5.74) is 1.14. The SMILES string of the molecule is COc1ccc(NC(=O)c2ccc(CS(=O)(=O)N3CCOCC3)cc2)cc1S(=O)(=O)N1CCOCC1. The summed E-state index contributed by atoms with van der Waals surface area (Å²) in [6.45, 7) is 2.48. The number of rotatable bonds is 8. The first-order valence-electron chi connectivity index (χ1n) is 11.4. The van der Waals surface area contributed by atoms with Gasteiger partial charge in [0.1, 0.15) is 10.6 Å². The molecule has 196 valence electrons. The summed E-state index contributed by atoms with van der Waals surface area (Å²) >= 11 is 0. The maximum atomic E-state index is 13.2. The molecule has 1 amide bonds. The van der Waals surface area contributed by atoms with Crippen molar-refractivity contribution < 1.29 is 35.8 Å². The highest BCUT2D eigenvalue weighted by Gasteiger charge is 2.30. The Morgan fingerprint density at radius 2 is 1.47 bits per heavy atom. The Hall–Kier alpha value is -2.55. The summed E-state index contributed by atoms with van der Waals surface area (Å²) in [5.74, 6) is -0.460. The van der Waals surface area contributed by atoms with Crippen LogP contribution >= 0.6 is 0 Å². The van der Waals surface area contributed by atoms with Crippen LogP contribution < -0.4 is 10.1 Å². The molecule has 2 saturated heterocycles. The molecule has 2 aliphatic heterocycles. The van der Waals surface area contributed by atoms with Gasteiger partial charge in [0, 0.05) is 37.4 Å². The second-order valence-electron chi connectivity index (χ2n) is 8.30. The van der Waals surface area contributed by atoms with E-state index in [2.05, 4.69) is 5.32 Å². The van der Waals surface area contributed by atoms with E-state index in [0.29, 0.717) is 50.6 Å². The normalized spacial score (nSPS) is 18.0. The summed E-state index contributed by atoms with van der Waals surface area (Å²) in [6.07, 6.45) is 0. The van der Waals surface area contributed by atoms with Crippen LogP contribution in [0.2, 0.25) is 0 Å². The van der Waals surface area contributed by atoms with E-state index in [-0.39, 0.29) is 35.2 Å². The Bertz CT molecular complexity index is 1290. The van der Waals surface area contributed by atoms with E-state index in [9.17, 15) is 21.6 Å². The third kappa shape index (κ3) is 6.05. The first kappa shape index (κ1) is 26.5. The van der Waals surface area contributed by atoms with Gasteiger partial charge >= 0.3 is 0 Å². The first-order chi connectivity index (χ1) is 17.2. The van der Waals surface area contributed by atoms with Gasteiger partial charge in [-0.1, -0.05) is 12.1 Å². The number of morpholine rings is 2. The lowest BCUT2D eigenvalue weighted by molar-refractivity contribution is 0.0729. The molecule has 2 heterocycles. The molecule has 2 aromatic rings. The van der Waals surface area contributed by atoms with Gasteiger partial charge in [-0.05, 0) is 35.9 Å². The first-order valence-corrected chi connectivity index (χ1v) is 14.5. The van der Waals surface area contributed by atoms with Crippen LogP contribution in [-0.4, -0.2) is 91.1 Å². The van der Waals surface area contributed by atoms with Gasteiger partial charge in [0.25, 0.3) is 5.91 Å². The number of amides is 1. The van der Waals surface area contributed by atoms with E-state index >= 15 is 0 Å². The molecule has 0 aliphatic carbocycles. The fourth-order valence-corrected chi connectivity index (χ4v) is 7.06. The zero-order chi connectivity index (χ0) is 25.8. The number of ether oxygens (including phenoxy) is 3. The van der Waals surface area contributed by atoms with Crippen molar-refractivity contribution in [1.29, 1.82) is 0 Å². The van der Waals surface area contributed by atoms with Crippen LogP contribution in [0.4, 0.5) is 5.69 Å². The average Bonchev–Trinajstić information content (AvgIpc) is 2.90. The highest BCUT2D eigenvalue weighted by molar-refractivity contribution is 7.89. The highest BCUT2D eigenvalue weighted by atomic mass is 32.2. The van der Waals surface area contributed by atoms with Gasteiger partial charge in [-0.3, -0.25) is 4.79 Å². The second-order valence-corrected chi connectivity index (χ2v) is 12.2. The third-order valence-corrected chi connectivity index (χ3v) is 9.71. The molecule has 2 aliphatic rings. The quantitative estimate of drug-likeness (QED) is 0.528. The molecule has 4 rings (SSSR count). The topological polar surface area (TPSA) is 132 Å². The lowest BCUT2D eigenvalue weighted by Gasteiger charge is -2.26. The van der Waals surface area contributed by atoms with Crippen LogP contribution in [0.3, 0.4) is 0 Å². The van der Waals surface area contributed by atoms with E-state index in [1.165, 1.54) is 40.0 Å². The Balaban J connectivity index is 1.47. The molecule has 0 aromatic heterocycles. The van der Waals surface area contributed by atoms with Crippen molar-refractivity contribution >= 4 is 31.6 Å². The molecule has 2 fully saturated rings. The molecule has 36 heavy (non-hydrogen) atoms. The molecule has 1 N–H and O–H groups in total. The highest BCUT2D eigenvalue weighted by Crippen LogP contribution is 2.30. The van der Waals surface area contributed by atoms with Crippen molar-refractivity contribution in [2.45, 2.75) is 10.6 Å². The fourth-order valence-electron chi connectivity index (χ4n) is 3.96. The molecule has 0 unspecified atom stereocenters. The Kier molecular flexibility index (Phi) is 8.27. The van der Waals surface area contributed by atoms with Crippen molar-refractivity contribution in [3.8, 4) is 5.75 Å². The maximum Gasteiger partial charge on any atom is 0.255 e. The zero-order valence-electron chi connectivity index (χ0n) is 19.9. The molecular formula is C23H29N3O8S2. The van der Waals surface area contributed by atoms with E-state index in [1.54, 1.807) is 18.2 Å². The number of methoxy groups -OCH3 is 1. The third-order valence-electron chi connectivity index (χ3n) is 5.94. The van der Waals surface area contributed by atoms with Gasteiger partial charge in [0.05, 0.1) is 39.3 Å². The van der Waals surface area contributed by atoms with Crippen molar-refractivity contribution in [1.82, 2.24) is 8.61 Å². The number of benzene rings is 2. The zero-order valence-corrected chi connectivity index (χ0v) is 21.5. The predicted octanol–water partition coefficient (Wildman–Crippen LogP) is 1.13. The van der Waals surface area contributed by atoms with Gasteiger partial charge in [0.15, 0.2) is 0 Å². The van der Waals surface area contributed by atoms with Gasteiger partial charge in [-0.25, -0.2) is 16.8 Å². The molecule has 0 spiro atoms. The van der Waals surface area contributed by atoms with Crippen LogP contribution in [0, 0.1) is 0 Å². The Labute approximate surface area is 211 Å². The molecule has 0 atom stereocenters. The summed E-state index contributed by atoms with van der Waals surface area (Å²) in [5, 5.41) is 2.70. The predicted molar refractivity (Wildman–Crippen MR) is 132 cm³/mol. The monoisotopic (exact) mass is 539 g/mol. The van der Waals surface area contributed by atoms with Crippen LogP contribution in [-0.2, 0) is 35.3 Å². The van der Waals surface area contributed by atoms with Gasteiger partial charge < -0.3 is 19.5 Å². The summed E-state index contributed by atoms with van der Waals surface area (Å²) in [4.78, 5) is 12.8. The second kappa shape index (κ2) is 11.2. The standard InChI is InChI=1S/C23H29N3O8S2/c1-32-21-7-6-20(16-22(21)36(30,31)26-10-14-34-15-11-26)24-23(27)19-4-2-18(3-5-19)17-35(28,29)25-8-12-33-13-9-25/h2-7,16H,8-15,17H2,1H3,(H,24,27). The molecule has 0 bridgehead atoms. The lowest BCUT2D eigenvalue weighted by Crippen LogP contribution is -2.41. The Morgan fingerprint density at radius 3 is 2.06 bits per heavy atom. The fraction of sp³-hybridized carbons (Fsp3) is 0.435. The van der Waals surface area contributed by atoms with Crippen LogP contribution in [0.15, 0.2) is 47.4 Å². The number of hydrogen-bond acceptors (Lipinski definition) is 8. The minimum atomic E-state index is -3.85. The molecule has 11 nitrogen and oxygen atoms in total. The van der Waals surface area contributed by atoms with Crippen LogP contribution in [0.1, 0.15) is 15.9 Å². The number of carbonyl (C=O) groups excluding carboxylic acids is 1. The van der Waals surface area contributed by atoms with Gasteiger partial charge in [-0.15, -0.1) is 0 Å². The maximum absolute atomic E-state index is 13.2. The Morgan fingerprint density at radius 1 is 0.889 bits per heavy atom. The smallest absolute Gasteiger partial charge is 0.255 e. The number of anilines is 1.